The van der Waals surface area contributed by atoms with Crippen LogP contribution in [0.2, 0.25) is 5.02 Å². The van der Waals surface area contributed by atoms with Gasteiger partial charge in [-0.15, -0.1) is 0 Å². The summed E-state index contributed by atoms with van der Waals surface area (Å²) in [5.41, 5.74) is 0.194. The van der Waals surface area contributed by atoms with Crippen LogP contribution < -0.4 is 0 Å². The standard InChI is InChI=1S/C6H5ClN2O2/c7-5-2-1-3-6(4-5)9(11)8-10/h1-4,10H. The van der Waals surface area contributed by atoms with Crippen LogP contribution in [0, 0.1) is 5.21 Å². The van der Waals surface area contributed by atoms with Crippen molar-refractivity contribution in [1.29, 1.82) is 0 Å². The van der Waals surface area contributed by atoms with Gasteiger partial charge in [0.15, 0.2) is 0 Å². The van der Waals surface area contributed by atoms with Crippen LogP contribution in [0.15, 0.2) is 29.5 Å². The first-order chi connectivity index (χ1) is 5.24. The van der Waals surface area contributed by atoms with Gasteiger partial charge in [0.2, 0.25) is 11.0 Å². The average molecular weight is 173 g/mol. The van der Waals surface area contributed by atoms with Gasteiger partial charge in [0.25, 0.3) is 0 Å². The van der Waals surface area contributed by atoms with Crippen LogP contribution in [-0.4, -0.2) is 10.1 Å². The molecule has 4 nitrogen and oxygen atoms in total. The van der Waals surface area contributed by atoms with Crippen LogP contribution in [0.5, 0.6) is 0 Å². The minimum atomic E-state index is 0.0753. The second-order valence-corrected chi connectivity index (χ2v) is 2.28. The minimum Gasteiger partial charge on any atom is -0.592 e. The highest BCUT2D eigenvalue weighted by Gasteiger charge is 2.02. The molecule has 1 aromatic carbocycles. The molecule has 5 heteroatoms. The topological polar surface area (TPSA) is 58.7 Å². The second-order valence-electron chi connectivity index (χ2n) is 1.84. The van der Waals surface area contributed by atoms with Crippen molar-refractivity contribution < 1.29 is 10.1 Å². The quantitative estimate of drug-likeness (QED) is 0.402. The Morgan fingerprint density at radius 2 is 2.27 bits per heavy atom. The van der Waals surface area contributed by atoms with Crippen LogP contribution >= 0.6 is 11.6 Å². The molecule has 0 saturated carbocycles. The lowest BCUT2D eigenvalue weighted by Crippen LogP contribution is -1.89. The first-order valence-corrected chi connectivity index (χ1v) is 3.19. The average Bonchev–Trinajstić information content (AvgIpc) is 2.03. The predicted molar refractivity (Wildman–Crippen MR) is 39.0 cm³/mol. The first-order valence-electron chi connectivity index (χ1n) is 2.82. The molecule has 0 saturated heterocycles. The zero-order valence-corrected chi connectivity index (χ0v) is 6.19. The molecule has 1 N–H and O–H groups in total. The van der Waals surface area contributed by atoms with Crippen LogP contribution in [0.3, 0.4) is 0 Å². The molecule has 0 aromatic heterocycles. The van der Waals surface area contributed by atoms with E-state index in [2.05, 4.69) is 5.28 Å². The van der Waals surface area contributed by atoms with Crippen molar-refractivity contribution in [2.24, 2.45) is 5.28 Å². The van der Waals surface area contributed by atoms with E-state index >= 15 is 0 Å². The zero-order chi connectivity index (χ0) is 8.27. The predicted octanol–water partition coefficient (Wildman–Crippen LogP) is 2.32. The molecular formula is C6H5ClN2O2. The van der Waals surface area contributed by atoms with Gasteiger partial charge in [-0.25, -0.2) is 0 Å². The summed E-state index contributed by atoms with van der Waals surface area (Å²) in [5.74, 6) is 0. The van der Waals surface area contributed by atoms with Crippen LogP contribution in [0.1, 0.15) is 0 Å². The third kappa shape index (κ3) is 1.81. The van der Waals surface area contributed by atoms with Gasteiger partial charge in [0.05, 0.1) is 0 Å². The molecule has 0 amide bonds. The zero-order valence-electron chi connectivity index (χ0n) is 5.44. The van der Waals surface area contributed by atoms with E-state index in [-0.39, 0.29) is 10.5 Å². The monoisotopic (exact) mass is 172 g/mol. The number of nitrogens with zero attached hydrogens (tertiary/aromatic N) is 2. The fourth-order valence-corrected chi connectivity index (χ4v) is 0.831. The maximum Gasteiger partial charge on any atom is 0.249 e. The van der Waals surface area contributed by atoms with Crippen molar-refractivity contribution in [3.05, 3.63) is 34.5 Å². The highest BCUT2D eigenvalue weighted by Crippen LogP contribution is 2.16. The van der Waals surface area contributed by atoms with E-state index < -0.39 is 0 Å². The Morgan fingerprint density at radius 1 is 1.55 bits per heavy atom. The third-order valence-electron chi connectivity index (χ3n) is 1.11. The lowest BCUT2D eigenvalue weighted by molar-refractivity contribution is -0.473. The Labute approximate surface area is 67.9 Å². The number of rotatable bonds is 1. The minimum absolute atomic E-state index is 0.0753. The van der Waals surface area contributed by atoms with E-state index in [1.54, 1.807) is 12.1 Å². The number of hydrogen-bond donors (Lipinski definition) is 1. The van der Waals surface area contributed by atoms with E-state index in [0.717, 1.165) is 0 Å². The summed E-state index contributed by atoms with van der Waals surface area (Å²) in [4.78, 5) is 0.0753. The van der Waals surface area contributed by atoms with Gasteiger partial charge < -0.3 is 10.4 Å². The summed E-state index contributed by atoms with van der Waals surface area (Å²) < 4.78 is 0. The second kappa shape index (κ2) is 3.21. The van der Waals surface area contributed by atoms with E-state index in [0.29, 0.717) is 5.02 Å². The molecule has 0 unspecified atom stereocenters. The maximum absolute atomic E-state index is 10.6. The van der Waals surface area contributed by atoms with Gasteiger partial charge in [0, 0.05) is 17.2 Å². The van der Waals surface area contributed by atoms with Gasteiger partial charge in [-0.05, 0) is 10.9 Å². The molecule has 0 aliphatic heterocycles. The fourth-order valence-electron chi connectivity index (χ4n) is 0.647. The van der Waals surface area contributed by atoms with Gasteiger partial charge in [0.1, 0.15) is 0 Å². The Hall–Kier alpha value is -1.29. The summed E-state index contributed by atoms with van der Waals surface area (Å²) in [6.45, 7) is 0. The molecule has 58 valence electrons. The number of benzene rings is 1. The molecule has 0 aliphatic carbocycles. The Bertz CT molecular complexity index is 288. The Balaban J connectivity index is 3.06. The normalized spacial score (nSPS) is 11.5. The first kappa shape index (κ1) is 7.81. The van der Waals surface area contributed by atoms with Crippen molar-refractivity contribution in [2.45, 2.75) is 0 Å². The van der Waals surface area contributed by atoms with Crippen LogP contribution in [0.4, 0.5) is 5.69 Å². The Morgan fingerprint density at radius 3 is 2.82 bits per heavy atom. The third-order valence-corrected chi connectivity index (χ3v) is 1.35. The molecule has 0 bridgehead atoms. The maximum atomic E-state index is 10.6. The molecular weight excluding hydrogens is 168 g/mol. The molecule has 11 heavy (non-hydrogen) atoms. The molecule has 0 spiro atoms. The highest BCUT2D eigenvalue weighted by molar-refractivity contribution is 6.30. The van der Waals surface area contributed by atoms with Crippen molar-refractivity contribution in [2.75, 3.05) is 0 Å². The summed E-state index contributed by atoms with van der Waals surface area (Å²) in [6, 6.07) is 6.09. The summed E-state index contributed by atoms with van der Waals surface area (Å²) in [7, 11) is 0. The van der Waals surface area contributed by atoms with Crippen molar-refractivity contribution in [1.82, 2.24) is 0 Å². The molecule has 1 rings (SSSR count). The van der Waals surface area contributed by atoms with E-state index in [4.69, 9.17) is 16.8 Å². The molecule has 0 aliphatic rings. The summed E-state index contributed by atoms with van der Waals surface area (Å²) in [5, 5.41) is 21.5. The van der Waals surface area contributed by atoms with Gasteiger partial charge in [-0.2, -0.15) is 0 Å². The Kier molecular flexibility index (Phi) is 2.28. The van der Waals surface area contributed by atoms with Gasteiger partial charge >= 0.3 is 0 Å². The van der Waals surface area contributed by atoms with E-state index in [9.17, 15) is 5.21 Å². The van der Waals surface area contributed by atoms with Crippen molar-refractivity contribution in [3.63, 3.8) is 0 Å². The van der Waals surface area contributed by atoms with Gasteiger partial charge in [-0.3, -0.25) is 0 Å². The van der Waals surface area contributed by atoms with E-state index in [1.807, 2.05) is 0 Å². The van der Waals surface area contributed by atoms with E-state index in [1.165, 1.54) is 12.1 Å². The summed E-state index contributed by atoms with van der Waals surface area (Å²) >= 11 is 5.56. The van der Waals surface area contributed by atoms with Crippen LogP contribution in [0.25, 0.3) is 0 Å². The molecule has 1 aromatic rings. The lowest BCUT2D eigenvalue weighted by atomic mass is 10.3. The molecule has 0 fully saturated rings. The summed E-state index contributed by atoms with van der Waals surface area (Å²) in [6.07, 6.45) is 0. The van der Waals surface area contributed by atoms with Crippen molar-refractivity contribution in [3.8, 4) is 0 Å². The number of hydrogen-bond acceptors (Lipinski definition) is 2. The molecule has 0 heterocycles. The van der Waals surface area contributed by atoms with Crippen LogP contribution in [-0.2, 0) is 0 Å². The number of halogens is 1. The van der Waals surface area contributed by atoms with Crippen molar-refractivity contribution >= 4 is 17.3 Å². The highest BCUT2D eigenvalue weighted by atomic mass is 35.5. The molecule has 0 radical (unpaired) electrons. The lowest BCUT2D eigenvalue weighted by Gasteiger charge is -1.95. The SMILES string of the molecule is [O-][N+](=NO)c1cccc(Cl)c1. The fraction of sp³-hybridized carbons (Fsp3) is 0. The van der Waals surface area contributed by atoms with Gasteiger partial charge in [-0.1, -0.05) is 17.7 Å². The smallest absolute Gasteiger partial charge is 0.249 e. The molecule has 0 atom stereocenters. The largest absolute Gasteiger partial charge is 0.592 e.